The Morgan fingerprint density at radius 1 is 1.42 bits per heavy atom. The van der Waals surface area contributed by atoms with Crippen molar-refractivity contribution in [2.75, 3.05) is 0 Å². The lowest BCUT2D eigenvalue weighted by molar-refractivity contribution is -0.136. The minimum absolute atomic E-state index is 0.200. The van der Waals surface area contributed by atoms with Gasteiger partial charge in [-0.15, -0.1) is 0 Å². The lowest BCUT2D eigenvalue weighted by Crippen LogP contribution is -2.02. The molecule has 0 atom stereocenters. The summed E-state index contributed by atoms with van der Waals surface area (Å²) in [7, 11) is 1.59. The van der Waals surface area contributed by atoms with Gasteiger partial charge in [0.25, 0.3) is 0 Å². The van der Waals surface area contributed by atoms with Gasteiger partial charge in [0, 0.05) is 18.7 Å². The van der Waals surface area contributed by atoms with Crippen molar-refractivity contribution in [2.45, 2.75) is 13.3 Å². The van der Waals surface area contributed by atoms with Crippen molar-refractivity contribution in [2.24, 2.45) is 7.05 Å². The van der Waals surface area contributed by atoms with Crippen LogP contribution in [0.25, 0.3) is 11.3 Å². The largest absolute Gasteiger partial charge is 0.481 e. The molecule has 0 saturated carbocycles. The second-order valence-corrected chi connectivity index (χ2v) is 4.24. The quantitative estimate of drug-likeness (QED) is 0.927. The molecule has 0 fully saturated rings. The van der Waals surface area contributed by atoms with Crippen LogP contribution < -0.4 is 0 Å². The number of hydrogen-bond acceptors (Lipinski definition) is 2. The summed E-state index contributed by atoms with van der Waals surface area (Å²) in [5, 5.41) is 12.8. The highest BCUT2D eigenvalue weighted by molar-refractivity contribution is 5.72. The first-order chi connectivity index (χ1) is 8.90. The van der Waals surface area contributed by atoms with Crippen molar-refractivity contribution >= 4 is 5.97 Å². The topological polar surface area (TPSA) is 55.1 Å². The van der Waals surface area contributed by atoms with Crippen molar-refractivity contribution in [1.29, 1.82) is 0 Å². The average molecular weight is 266 g/mol. The van der Waals surface area contributed by atoms with Crippen LogP contribution in [0, 0.1) is 18.6 Å². The standard InChI is InChI=1S/C13H12F2N2O2/c1-7-11(6-12(18)19)16-17(2)13(7)9-4-3-8(14)5-10(9)15/h3-5H,6H2,1-2H3,(H,18,19). The minimum atomic E-state index is -1.01. The SMILES string of the molecule is Cc1c(CC(=O)O)nn(C)c1-c1ccc(F)cc1F. The van der Waals surface area contributed by atoms with Gasteiger partial charge in [-0.2, -0.15) is 5.10 Å². The number of halogens is 2. The number of carbonyl (C=O) groups is 1. The van der Waals surface area contributed by atoms with E-state index in [0.29, 0.717) is 17.0 Å². The fourth-order valence-electron chi connectivity index (χ4n) is 2.05. The fraction of sp³-hybridized carbons (Fsp3) is 0.231. The molecular formula is C13H12F2N2O2. The van der Waals surface area contributed by atoms with Gasteiger partial charge >= 0.3 is 5.97 Å². The summed E-state index contributed by atoms with van der Waals surface area (Å²) in [4.78, 5) is 10.7. The zero-order valence-corrected chi connectivity index (χ0v) is 10.4. The molecule has 0 aliphatic heterocycles. The number of aliphatic carboxylic acids is 1. The first-order valence-corrected chi connectivity index (χ1v) is 5.60. The van der Waals surface area contributed by atoms with Gasteiger partial charge in [0.05, 0.1) is 17.8 Å². The molecule has 1 aromatic carbocycles. The van der Waals surface area contributed by atoms with E-state index in [1.807, 2.05) is 0 Å². The third kappa shape index (κ3) is 2.47. The summed E-state index contributed by atoms with van der Waals surface area (Å²) in [6.07, 6.45) is -0.234. The molecule has 0 radical (unpaired) electrons. The third-order valence-corrected chi connectivity index (χ3v) is 2.89. The number of carboxylic acid groups (broad SMARTS) is 1. The Labute approximate surface area is 108 Å². The summed E-state index contributed by atoms with van der Waals surface area (Å²) in [5.74, 6) is -2.37. The van der Waals surface area contributed by atoms with Crippen LogP contribution in [0.4, 0.5) is 8.78 Å². The summed E-state index contributed by atoms with van der Waals surface area (Å²) in [5.41, 5.74) is 1.60. The maximum Gasteiger partial charge on any atom is 0.309 e. The average Bonchev–Trinajstić information content (AvgIpc) is 2.55. The van der Waals surface area contributed by atoms with E-state index in [1.165, 1.54) is 10.7 Å². The molecule has 0 saturated heterocycles. The highest BCUT2D eigenvalue weighted by atomic mass is 19.1. The second-order valence-electron chi connectivity index (χ2n) is 4.24. The van der Waals surface area contributed by atoms with Gasteiger partial charge in [-0.25, -0.2) is 8.78 Å². The van der Waals surface area contributed by atoms with Gasteiger partial charge in [-0.3, -0.25) is 9.48 Å². The Kier molecular flexibility index (Phi) is 3.33. The summed E-state index contributed by atoms with van der Waals surface area (Å²) < 4.78 is 28.1. The van der Waals surface area contributed by atoms with E-state index in [1.54, 1.807) is 14.0 Å². The van der Waals surface area contributed by atoms with Crippen LogP contribution in [0.5, 0.6) is 0 Å². The van der Waals surface area contributed by atoms with Crippen LogP contribution >= 0.6 is 0 Å². The van der Waals surface area contributed by atoms with Crippen LogP contribution in [-0.2, 0) is 18.3 Å². The molecule has 4 nitrogen and oxygen atoms in total. The number of benzene rings is 1. The first-order valence-electron chi connectivity index (χ1n) is 5.60. The molecule has 2 aromatic rings. The monoisotopic (exact) mass is 266 g/mol. The molecule has 1 aromatic heterocycles. The van der Waals surface area contributed by atoms with Crippen LogP contribution in [0.1, 0.15) is 11.3 Å². The van der Waals surface area contributed by atoms with Gasteiger partial charge in [-0.05, 0) is 24.6 Å². The van der Waals surface area contributed by atoms with Gasteiger partial charge in [-0.1, -0.05) is 0 Å². The molecule has 1 heterocycles. The Hall–Kier alpha value is -2.24. The Balaban J connectivity index is 2.56. The Morgan fingerprint density at radius 3 is 2.68 bits per heavy atom. The van der Waals surface area contributed by atoms with E-state index in [-0.39, 0.29) is 12.0 Å². The van der Waals surface area contributed by atoms with Crippen molar-refractivity contribution < 1.29 is 18.7 Å². The van der Waals surface area contributed by atoms with E-state index >= 15 is 0 Å². The lowest BCUT2D eigenvalue weighted by atomic mass is 10.0. The van der Waals surface area contributed by atoms with Gasteiger partial charge in [0.15, 0.2) is 0 Å². The van der Waals surface area contributed by atoms with E-state index in [4.69, 9.17) is 5.11 Å². The molecule has 0 spiro atoms. The smallest absolute Gasteiger partial charge is 0.309 e. The number of aromatic nitrogens is 2. The predicted octanol–water partition coefficient (Wildman–Crippen LogP) is 2.30. The molecule has 2 rings (SSSR count). The van der Waals surface area contributed by atoms with E-state index < -0.39 is 17.6 Å². The van der Waals surface area contributed by atoms with Crippen molar-refractivity contribution in [3.63, 3.8) is 0 Å². The molecule has 1 N–H and O–H groups in total. The first kappa shape index (κ1) is 13.2. The van der Waals surface area contributed by atoms with Crippen LogP contribution in [0.2, 0.25) is 0 Å². The molecule has 0 unspecified atom stereocenters. The Bertz CT molecular complexity index is 650. The van der Waals surface area contributed by atoms with Gasteiger partial charge < -0.3 is 5.11 Å². The molecule has 100 valence electrons. The highest BCUT2D eigenvalue weighted by Crippen LogP contribution is 2.28. The highest BCUT2D eigenvalue weighted by Gasteiger charge is 2.18. The molecular weight excluding hydrogens is 254 g/mol. The third-order valence-electron chi connectivity index (χ3n) is 2.89. The molecule has 0 bridgehead atoms. The van der Waals surface area contributed by atoms with Gasteiger partial charge in [0.1, 0.15) is 11.6 Å². The van der Waals surface area contributed by atoms with Crippen LogP contribution in [-0.4, -0.2) is 20.9 Å². The fourth-order valence-corrected chi connectivity index (χ4v) is 2.05. The predicted molar refractivity (Wildman–Crippen MR) is 64.6 cm³/mol. The molecule has 0 aliphatic carbocycles. The van der Waals surface area contributed by atoms with E-state index in [2.05, 4.69) is 5.10 Å². The lowest BCUT2D eigenvalue weighted by Gasteiger charge is -2.05. The number of rotatable bonds is 3. The number of aryl methyl sites for hydroxylation is 1. The normalized spacial score (nSPS) is 10.7. The maximum absolute atomic E-state index is 13.8. The van der Waals surface area contributed by atoms with Crippen molar-refractivity contribution in [1.82, 2.24) is 9.78 Å². The van der Waals surface area contributed by atoms with E-state index in [0.717, 1.165) is 12.1 Å². The van der Waals surface area contributed by atoms with Crippen molar-refractivity contribution in [3.05, 3.63) is 41.1 Å². The molecule has 0 amide bonds. The molecule has 0 aliphatic rings. The summed E-state index contributed by atoms with van der Waals surface area (Å²) in [6, 6.07) is 3.26. The van der Waals surface area contributed by atoms with Crippen molar-refractivity contribution in [3.8, 4) is 11.3 Å². The summed E-state index contributed by atoms with van der Waals surface area (Å²) >= 11 is 0. The summed E-state index contributed by atoms with van der Waals surface area (Å²) in [6.45, 7) is 1.67. The minimum Gasteiger partial charge on any atom is -0.481 e. The van der Waals surface area contributed by atoms with Crippen LogP contribution in [0.15, 0.2) is 18.2 Å². The zero-order valence-electron chi connectivity index (χ0n) is 10.4. The maximum atomic E-state index is 13.8. The second kappa shape index (κ2) is 4.79. The van der Waals surface area contributed by atoms with Crippen LogP contribution in [0.3, 0.4) is 0 Å². The molecule has 19 heavy (non-hydrogen) atoms. The molecule has 6 heteroatoms. The number of nitrogens with zero attached hydrogens (tertiary/aromatic N) is 2. The van der Waals surface area contributed by atoms with Gasteiger partial charge in [0.2, 0.25) is 0 Å². The zero-order chi connectivity index (χ0) is 14.2. The Morgan fingerprint density at radius 2 is 2.11 bits per heavy atom. The number of carboxylic acids is 1. The number of hydrogen-bond donors (Lipinski definition) is 1. The van der Waals surface area contributed by atoms with E-state index in [9.17, 15) is 13.6 Å².